The standard InChI is InChI=1S/C10H14N2/c1-11-10-4-2-8(3-5-10)9-6-12-7-9/h2-5,9,11-12H,6-7H2,1H3. The lowest BCUT2D eigenvalue weighted by Crippen LogP contribution is -2.39. The summed E-state index contributed by atoms with van der Waals surface area (Å²) < 4.78 is 0. The van der Waals surface area contributed by atoms with E-state index in [1.54, 1.807) is 0 Å². The Kier molecular flexibility index (Phi) is 2.00. The van der Waals surface area contributed by atoms with Crippen molar-refractivity contribution < 1.29 is 0 Å². The Morgan fingerprint density at radius 2 is 1.92 bits per heavy atom. The predicted octanol–water partition coefficient (Wildman–Crippen LogP) is 1.42. The minimum absolute atomic E-state index is 0.746. The number of anilines is 1. The van der Waals surface area contributed by atoms with Gasteiger partial charge in [-0.2, -0.15) is 0 Å². The van der Waals surface area contributed by atoms with Gasteiger partial charge in [-0.25, -0.2) is 0 Å². The van der Waals surface area contributed by atoms with E-state index in [-0.39, 0.29) is 0 Å². The maximum atomic E-state index is 3.27. The lowest BCUT2D eigenvalue weighted by molar-refractivity contribution is 0.448. The summed E-state index contributed by atoms with van der Waals surface area (Å²) in [6.45, 7) is 2.28. The normalized spacial score (nSPS) is 17.1. The van der Waals surface area contributed by atoms with Gasteiger partial charge in [-0.1, -0.05) is 12.1 Å². The minimum Gasteiger partial charge on any atom is -0.388 e. The summed E-state index contributed by atoms with van der Waals surface area (Å²) in [5.74, 6) is 0.746. The fourth-order valence-electron chi connectivity index (χ4n) is 1.45. The van der Waals surface area contributed by atoms with E-state index in [0.29, 0.717) is 0 Å². The number of hydrogen-bond donors (Lipinski definition) is 2. The van der Waals surface area contributed by atoms with Crippen molar-refractivity contribution in [1.29, 1.82) is 0 Å². The molecule has 0 saturated carbocycles. The molecule has 1 fully saturated rings. The van der Waals surface area contributed by atoms with E-state index in [9.17, 15) is 0 Å². The molecule has 64 valence electrons. The summed E-state index contributed by atoms with van der Waals surface area (Å²) in [4.78, 5) is 0. The summed E-state index contributed by atoms with van der Waals surface area (Å²) in [5, 5.41) is 6.39. The second-order valence-corrected chi connectivity index (χ2v) is 3.23. The SMILES string of the molecule is CNc1ccc(C2CNC2)cc1. The summed E-state index contributed by atoms with van der Waals surface area (Å²) in [6.07, 6.45) is 0. The molecule has 2 rings (SSSR count). The van der Waals surface area contributed by atoms with Crippen molar-refractivity contribution in [3.8, 4) is 0 Å². The van der Waals surface area contributed by atoms with Crippen molar-refractivity contribution in [3.63, 3.8) is 0 Å². The molecule has 1 aromatic carbocycles. The van der Waals surface area contributed by atoms with Crippen molar-refractivity contribution in [2.75, 3.05) is 25.5 Å². The largest absolute Gasteiger partial charge is 0.388 e. The second-order valence-electron chi connectivity index (χ2n) is 3.23. The highest BCUT2D eigenvalue weighted by molar-refractivity contribution is 5.44. The molecule has 0 bridgehead atoms. The molecule has 12 heavy (non-hydrogen) atoms. The van der Waals surface area contributed by atoms with Crippen LogP contribution in [-0.2, 0) is 0 Å². The van der Waals surface area contributed by atoms with Gasteiger partial charge in [0.25, 0.3) is 0 Å². The highest BCUT2D eigenvalue weighted by Crippen LogP contribution is 2.20. The first kappa shape index (κ1) is 7.62. The van der Waals surface area contributed by atoms with Crippen LogP contribution in [0.1, 0.15) is 11.5 Å². The van der Waals surface area contributed by atoms with Crippen LogP contribution in [0.25, 0.3) is 0 Å². The molecule has 0 atom stereocenters. The maximum Gasteiger partial charge on any atom is 0.0337 e. The molecule has 2 heteroatoms. The molecule has 0 radical (unpaired) electrons. The highest BCUT2D eigenvalue weighted by Gasteiger charge is 2.17. The Balaban J connectivity index is 2.13. The van der Waals surface area contributed by atoms with E-state index >= 15 is 0 Å². The first-order chi connectivity index (χ1) is 5.90. The Morgan fingerprint density at radius 3 is 2.33 bits per heavy atom. The lowest BCUT2D eigenvalue weighted by atomic mass is 9.94. The van der Waals surface area contributed by atoms with E-state index < -0.39 is 0 Å². The third-order valence-electron chi connectivity index (χ3n) is 2.45. The quantitative estimate of drug-likeness (QED) is 0.687. The molecule has 1 aliphatic heterocycles. The number of nitrogens with one attached hydrogen (secondary N) is 2. The van der Waals surface area contributed by atoms with E-state index in [4.69, 9.17) is 0 Å². The molecule has 0 amide bonds. The van der Waals surface area contributed by atoms with E-state index in [0.717, 1.165) is 19.0 Å². The van der Waals surface area contributed by atoms with Crippen LogP contribution in [0.5, 0.6) is 0 Å². The van der Waals surface area contributed by atoms with E-state index in [2.05, 4.69) is 34.9 Å². The summed E-state index contributed by atoms with van der Waals surface area (Å²) in [5.41, 5.74) is 2.64. The Bertz CT molecular complexity index is 249. The van der Waals surface area contributed by atoms with Crippen LogP contribution in [-0.4, -0.2) is 20.1 Å². The molecule has 2 nitrogen and oxygen atoms in total. The van der Waals surface area contributed by atoms with Crippen LogP contribution in [0.3, 0.4) is 0 Å². The summed E-state index contributed by atoms with van der Waals surface area (Å²) in [6, 6.07) is 8.68. The average molecular weight is 162 g/mol. The predicted molar refractivity (Wildman–Crippen MR) is 51.6 cm³/mol. The molecule has 1 heterocycles. The first-order valence-corrected chi connectivity index (χ1v) is 4.38. The van der Waals surface area contributed by atoms with E-state index in [1.165, 1.54) is 11.3 Å². The minimum atomic E-state index is 0.746. The molecule has 0 unspecified atom stereocenters. The fraction of sp³-hybridized carbons (Fsp3) is 0.400. The van der Waals surface area contributed by atoms with Gasteiger partial charge >= 0.3 is 0 Å². The third-order valence-corrected chi connectivity index (χ3v) is 2.45. The van der Waals surface area contributed by atoms with Crippen LogP contribution in [0, 0.1) is 0 Å². The number of rotatable bonds is 2. The fourth-order valence-corrected chi connectivity index (χ4v) is 1.45. The highest BCUT2D eigenvalue weighted by atomic mass is 14.9. The second kappa shape index (κ2) is 3.15. The smallest absolute Gasteiger partial charge is 0.0337 e. The monoisotopic (exact) mass is 162 g/mol. The zero-order chi connectivity index (χ0) is 8.39. The van der Waals surface area contributed by atoms with Crippen molar-refractivity contribution in [1.82, 2.24) is 5.32 Å². The maximum absolute atomic E-state index is 3.27. The Labute approximate surface area is 73.0 Å². The number of benzene rings is 1. The summed E-state index contributed by atoms with van der Waals surface area (Å²) in [7, 11) is 1.94. The topological polar surface area (TPSA) is 24.1 Å². The molecule has 1 aromatic rings. The molecular formula is C10H14N2. The van der Waals surface area contributed by atoms with Gasteiger partial charge in [-0.3, -0.25) is 0 Å². The number of hydrogen-bond acceptors (Lipinski definition) is 2. The van der Waals surface area contributed by atoms with Gasteiger partial charge in [0.2, 0.25) is 0 Å². The molecule has 1 aliphatic rings. The Morgan fingerprint density at radius 1 is 1.25 bits per heavy atom. The third kappa shape index (κ3) is 1.30. The van der Waals surface area contributed by atoms with Gasteiger partial charge in [-0.05, 0) is 17.7 Å². The molecule has 2 N–H and O–H groups in total. The average Bonchev–Trinajstić information content (AvgIpc) is 2.03. The van der Waals surface area contributed by atoms with Crippen LogP contribution < -0.4 is 10.6 Å². The van der Waals surface area contributed by atoms with E-state index in [1.807, 2.05) is 7.05 Å². The van der Waals surface area contributed by atoms with Crippen LogP contribution in [0.4, 0.5) is 5.69 Å². The lowest BCUT2D eigenvalue weighted by Gasteiger charge is -2.27. The van der Waals surface area contributed by atoms with Gasteiger partial charge in [0.15, 0.2) is 0 Å². The zero-order valence-electron chi connectivity index (χ0n) is 7.30. The molecule has 0 aromatic heterocycles. The summed E-state index contributed by atoms with van der Waals surface area (Å²) >= 11 is 0. The Hall–Kier alpha value is -1.02. The van der Waals surface area contributed by atoms with Gasteiger partial charge < -0.3 is 10.6 Å². The van der Waals surface area contributed by atoms with Gasteiger partial charge in [-0.15, -0.1) is 0 Å². The van der Waals surface area contributed by atoms with Crippen LogP contribution >= 0.6 is 0 Å². The molecule has 0 spiro atoms. The van der Waals surface area contributed by atoms with Crippen LogP contribution in [0.2, 0.25) is 0 Å². The molecular weight excluding hydrogens is 148 g/mol. The van der Waals surface area contributed by atoms with Gasteiger partial charge in [0.05, 0.1) is 0 Å². The van der Waals surface area contributed by atoms with Crippen LogP contribution in [0.15, 0.2) is 24.3 Å². The van der Waals surface area contributed by atoms with Crippen molar-refractivity contribution in [2.24, 2.45) is 0 Å². The van der Waals surface area contributed by atoms with Crippen molar-refractivity contribution in [2.45, 2.75) is 5.92 Å². The first-order valence-electron chi connectivity index (χ1n) is 4.38. The van der Waals surface area contributed by atoms with Crippen molar-refractivity contribution in [3.05, 3.63) is 29.8 Å². The van der Waals surface area contributed by atoms with Gasteiger partial charge in [0, 0.05) is 31.7 Å². The zero-order valence-corrected chi connectivity index (χ0v) is 7.30. The van der Waals surface area contributed by atoms with Gasteiger partial charge in [0.1, 0.15) is 0 Å². The van der Waals surface area contributed by atoms with Crippen molar-refractivity contribution >= 4 is 5.69 Å². The molecule has 0 aliphatic carbocycles. The molecule has 1 saturated heterocycles.